The van der Waals surface area contributed by atoms with Crippen LogP contribution in [0.5, 0.6) is 0 Å². The highest BCUT2D eigenvalue weighted by Gasteiger charge is 2.33. The third kappa shape index (κ3) is 3.38. The normalized spacial score (nSPS) is 18.5. The summed E-state index contributed by atoms with van der Waals surface area (Å²) in [6, 6.07) is 4.88. The number of carbonyl (C=O) groups is 1. The first-order chi connectivity index (χ1) is 10.9. The third-order valence-corrected chi connectivity index (χ3v) is 4.93. The molecule has 6 heteroatoms. The molecular formula is C17H21FN2O2S. The summed E-state index contributed by atoms with van der Waals surface area (Å²) in [7, 11) is 0. The molecule has 1 aliphatic heterocycles. The number of hydrogen-bond donors (Lipinski definition) is 0. The Balaban J connectivity index is 1.98. The summed E-state index contributed by atoms with van der Waals surface area (Å²) in [6.45, 7) is 6.84. The van der Waals surface area contributed by atoms with Gasteiger partial charge in [0.15, 0.2) is 5.13 Å². The number of carbonyl (C=O) groups excluding carboxylic acids is 1. The maximum Gasteiger partial charge on any atom is 0.234 e. The summed E-state index contributed by atoms with van der Waals surface area (Å²) in [4.78, 5) is 18.9. The van der Waals surface area contributed by atoms with E-state index in [1.165, 1.54) is 17.4 Å². The Morgan fingerprint density at radius 1 is 1.48 bits per heavy atom. The lowest BCUT2D eigenvalue weighted by atomic mass is 9.94. The number of nitrogens with zero attached hydrogens (tertiary/aromatic N) is 2. The first kappa shape index (κ1) is 16.3. The number of hydrogen-bond acceptors (Lipinski definition) is 4. The molecule has 0 aliphatic carbocycles. The van der Waals surface area contributed by atoms with Crippen molar-refractivity contribution in [3.8, 4) is 0 Å². The van der Waals surface area contributed by atoms with Gasteiger partial charge in [-0.2, -0.15) is 0 Å². The van der Waals surface area contributed by atoms with Crippen molar-refractivity contribution in [1.82, 2.24) is 4.98 Å². The predicted molar refractivity (Wildman–Crippen MR) is 90.4 cm³/mol. The molecule has 0 saturated carbocycles. The smallest absolute Gasteiger partial charge is 0.234 e. The molecule has 1 amide bonds. The molecular weight excluding hydrogens is 315 g/mol. The summed E-state index contributed by atoms with van der Waals surface area (Å²) in [5.74, 6) is -0.377. The van der Waals surface area contributed by atoms with E-state index in [1.54, 1.807) is 11.0 Å². The molecule has 1 aliphatic rings. The fourth-order valence-electron chi connectivity index (χ4n) is 2.66. The van der Waals surface area contributed by atoms with Gasteiger partial charge >= 0.3 is 0 Å². The lowest BCUT2D eigenvalue weighted by Crippen LogP contribution is -2.43. The number of aromatic nitrogens is 1. The highest BCUT2D eigenvalue weighted by Crippen LogP contribution is 2.33. The van der Waals surface area contributed by atoms with Crippen LogP contribution in [0.2, 0.25) is 0 Å². The lowest BCUT2D eigenvalue weighted by Gasteiger charge is -2.29. The molecule has 1 atom stereocenters. The highest BCUT2D eigenvalue weighted by atomic mass is 32.1. The van der Waals surface area contributed by atoms with Crippen LogP contribution >= 0.6 is 11.3 Å². The second-order valence-corrected chi connectivity index (χ2v) is 7.89. The van der Waals surface area contributed by atoms with E-state index in [1.807, 2.05) is 26.8 Å². The number of benzene rings is 1. The molecule has 0 radical (unpaired) electrons. The van der Waals surface area contributed by atoms with Crippen molar-refractivity contribution >= 4 is 32.6 Å². The average Bonchev–Trinajstić information content (AvgIpc) is 3.12. The minimum absolute atomic E-state index is 0.0209. The van der Waals surface area contributed by atoms with Crippen molar-refractivity contribution in [3.05, 3.63) is 24.0 Å². The Kier molecular flexibility index (Phi) is 4.38. The first-order valence-electron chi connectivity index (χ1n) is 7.85. The van der Waals surface area contributed by atoms with Gasteiger partial charge in [-0.25, -0.2) is 9.37 Å². The second kappa shape index (κ2) is 6.17. The zero-order valence-electron chi connectivity index (χ0n) is 13.6. The van der Waals surface area contributed by atoms with E-state index in [-0.39, 0.29) is 17.8 Å². The minimum atomic E-state index is -0.533. The molecule has 124 valence electrons. The van der Waals surface area contributed by atoms with Crippen LogP contribution in [-0.2, 0) is 9.53 Å². The van der Waals surface area contributed by atoms with Gasteiger partial charge in [0.1, 0.15) is 11.3 Å². The van der Waals surface area contributed by atoms with Gasteiger partial charge in [-0.1, -0.05) is 38.2 Å². The van der Waals surface area contributed by atoms with Crippen molar-refractivity contribution in [2.24, 2.45) is 5.41 Å². The van der Waals surface area contributed by atoms with Gasteiger partial charge in [0.25, 0.3) is 0 Å². The number of amides is 1. The molecule has 0 spiro atoms. The standard InChI is InChI=1S/C17H21FN2O2S/c1-17(2,3)15(21)20(10-11-6-5-9-22-11)16-19-14-12(18)7-4-8-13(14)23-16/h4,7-8,11H,5-6,9-10H2,1-3H3. The Labute approximate surface area is 139 Å². The quantitative estimate of drug-likeness (QED) is 0.851. The zero-order valence-corrected chi connectivity index (χ0v) is 14.5. The second-order valence-electron chi connectivity index (χ2n) is 6.88. The number of anilines is 1. The van der Waals surface area contributed by atoms with Gasteiger partial charge in [0.2, 0.25) is 5.91 Å². The molecule has 1 fully saturated rings. The molecule has 1 saturated heterocycles. The molecule has 1 aromatic carbocycles. The molecule has 1 unspecified atom stereocenters. The van der Waals surface area contributed by atoms with Gasteiger partial charge in [0, 0.05) is 12.0 Å². The van der Waals surface area contributed by atoms with Gasteiger partial charge < -0.3 is 4.74 Å². The predicted octanol–water partition coefficient (Wildman–Crippen LogP) is 3.99. The van der Waals surface area contributed by atoms with Crippen LogP contribution < -0.4 is 4.90 Å². The molecule has 2 aromatic rings. The number of halogens is 1. The summed E-state index contributed by atoms with van der Waals surface area (Å²) in [5, 5.41) is 0.542. The number of thiazole rings is 1. The van der Waals surface area contributed by atoms with Gasteiger partial charge in [-0.3, -0.25) is 9.69 Å². The summed E-state index contributed by atoms with van der Waals surface area (Å²) in [6.07, 6.45) is 1.97. The first-order valence-corrected chi connectivity index (χ1v) is 8.66. The van der Waals surface area contributed by atoms with Crippen LogP contribution in [0.1, 0.15) is 33.6 Å². The van der Waals surface area contributed by atoms with E-state index < -0.39 is 5.41 Å². The van der Waals surface area contributed by atoms with E-state index in [0.717, 1.165) is 24.1 Å². The van der Waals surface area contributed by atoms with E-state index in [4.69, 9.17) is 4.74 Å². The minimum Gasteiger partial charge on any atom is -0.376 e. The van der Waals surface area contributed by atoms with E-state index in [2.05, 4.69) is 4.98 Å². The number of ether oxygens (including phenoxy) is 1. The molecule has 1 aromatic heterocycles. The Morgan fingerprint density at radius 2 is 2.26 bits per heavy atom. The lowest BCUT2D eigenvalue weighted by molar-refractivity contribution is -0.126. The van der Waals surface area contributed by atoms with Gasteiger partial charge in [-0.15, -0.1) is 0 Å². The zero-order chi connectivity index (χ0) is 16.6. The van der Waals surface area contributed by atoms with Crippen molar-refractivity contribution in [1.29, 1.82) is 0 Å². The van der Waals surface area contributed by atoms with Gasteiger partial charge in [0.05, 0.1) is 17.3 Å². The van der Waals surface area contributed by atoms with Crippen LogP contribution in [-0.4, -0.2) is 30.1 Å². The SMILES string of the molecule is CC(C)(C)C(=O)N(CC1CCCO1)c1nc2c(F)cccc2s1. The number of para-hydroxylation sites is 1. The number of fused-ring (bicyclic) bond motifs is 1. The van der Waals surface area contributed by atoms with Crippen molar-refractivity contribution < 1.29 is 13.9 Å². The van der Waals surface area contributed by atoms with Crippen molar-refractivity contribution in [2.45, 2.75) is 39.7 Å². The van der Waals surface area contributed by atoms with E-state index in [0.29, 0.717) is 17.2 Å². The van der Waals surface area contributed by atoms with Crippen LogP contribution in [0, 0.1) is 11.2 Å². The summed E-state index contributed by atoms with van der Waals surface area (Å²) < 4.78 is 20.3. The molecule has 0 N–H and O–H groups in total. The molecule has 3 rings (SSSR count). The van der Waals surface area contributed by atoms with Crippen LogP contribution in [0.3, 0.4) is 0 Å². The summed E-state index contributed by atoms with van der Waals surface area (Å²) in [5.41, 5.74) is -0.207. The Bertz CT molecular complexity index is 717. The molecule has 0 bridgehead atoms. The van der Waals surface area contributed by atoms with E-state index in [9.17, 15) is 9.18 Å². The molecule has 23 heavy (non-hydrogen) atoms. The van der Waals surface area contributed by atoms with Crippen LogP contribution in [0.15, 0.2) is 18.2 Å². The fraction of sp³-hybridized carbons (Fsp3) is 0.529. The monoisotopic (exact) mass is 336 g/mol. The largest absolute Gasteiger partial charge is 0.376 e. The maximum absolute atomic E-state index is 13.9. The van der Waals surface area contributed by atoms with Crippen molar-refractivity contribution in [3.63, 3.8) is 0 Å². The topological polar surface area (TPSA) is 42.4 Å². The third-order valence-electron chi connectivity index (χ3n) is 3.89. The highest BCUT2D eigenvalue weighted by molar-refractivity contribution is 7.22. The van der Waals surface area contributed by atoms with Crippen LogP contribution in [0.25, 0.3) is 10.2 Å². The molecule has 4 nitrogen and oxygen atoms in total. The van der Waals surface area contributed by atoms with E-state index >= 15 is 0 Å². The Morgan fingerprint density at radius 3 is 2.87 bits per heavy atom. The fourth-order valence-corrected chi connectivity index (χ4v) is 3.65. The van der Waals surface area contributed by atoms with Gasteiger partial charge in [-0.05, 0) is 25.0 Å². The van der Waals surface area contributed by atoms with Crippen LogP contribution in [0.4, 0.5) is 9.52 Å². The molecule has 2 heterocycles. The number of rotatable bonds is 3. The van der Waals surface area contributed by atoms with Crippen molar-refractivity contribution in [2.75, 3.05) is 18.1 Å². The summed E-state index contributed by atoms with van der Waals surface area (Å²) >= 11 is 1.35. The Hall–Kier alpha value is -1.53. The average molecular weight is 336 g/mol. The maximum atomic E-state index is 13.9.